The third-order valence-corrected chi connectivity index (χ3v) is 3.13. The maximum atomic E-state index is 9.88. The van der Waals surface area contributed by atoms with E-state index in [0.29, 0.717) is 23.9 Å². The van der Waals surface area contributed by atoms with Crippen LogP contribution in [0.3, 0.4) is 0 Å². The Bertz CT molecular complexity index is 429. The van der Waals surface area contributed by atoms with Gasteiger partial charge in [-0.1, -0.05) is 31.9 Å². The zero-order valence-corrected chi connectivity index (χ0v) is 12.3. The first-order chi connectivity index (χ1) is 9.67. The van der Waals surface area contributed by atoms with Gasteiger partial charge in [0, 0.05) is 12.6 Å². The van der Waals surface area contributed by atoms with E-state index in [1.54, 1.807) is 18.2 Å². The second-order valence-electron chi connectivity index (χ2n) is 5.02. The summed E-state index contributed by atoms with van der Waals surface area (Å²) in [6.45, 7) is 4.97. The predicted molar refractivity (Wildman–Crippen MR) is 79.6 cm³/mol. The fourth-order valence-corrected chi connectivity index (χ4v) is 1.88. The highest BCUT2D eigenvalue weighted by molar-refractivity contribution is 5.42. The molecule has 0 aliphatic rings. The number of ether oxygens (including phenoxy) is 1. The summed E-state index contributed by atoms with van der Waals surface area (Å²) in [5.41, 5.74) is 0.490. The fourth-order valence-electron chi connectivity index (χ4n) is 1.88. The van der Waals surface area contributed by atoms with Gasteiger partial charge < -0.3 is 15.2 Å². The van der Waals surface area contributed by atoms with E-state index in [1.165, 1.54) is 12.8 Å². The summed E-state index contributed by atoms with van der Waals surface area (Å²) in [6.07, 6.45) is 2.91. The molecular formula is C16H24N2O2. The standard InChI is InChI=1S/C16H24N2O2/c1-3-4-7-13(2)18-11-15(19)12-20-16-9-6-5-8-14(16)10-17/h5-6,8-9,13,15,18-19H,3-4,7,11-12H2,1-2H3. The first kappa shape index (κ1) is 16.5. The van der Waals surface area contributed by atoms with E-state index >= 15 is 0 Å². The van der Waals surface area contributed by atoms with E-state index in [-0.39, 0.29) is 6.61 Å². The van der Waals surface area contributed by atoms with Crippen LogP contribution in [-0.4, -0.2) is 30.4 Å². The Morgan fingerprint density at radius 2 is 2.15 bits per heavy atom. The molecule has 2 N–H and O–H groups in total. The number of nitrogens with one attached hydrogen (secondary N) is 1. The third kappa shape index (κ3) is 6.05. The van der Waals surface area contributed by atoms with Crippen LogP contribution < -0.4 is 10.1 Å². The summed E-state index contributed by atoms with van der Waals surface area (Å²) in [4.78, 5) is 0. The van der Waals surface area contributed by atoms with Gasteiger partial charge in [-0.05, 0) is 25.5 Å². The molecule has 0 saturated carbocycles. The lowest BCUT2D eigenvalue weighted by molar-refractivity contribution is 0.103. The third-order valence-electron chi connectivity index (χ3n) is 3.13. The van der Waals surface area contributed by atoms with Crippen molar-refractivity contribution >= 4 is 0 Å². The van der Waals surface area contributed by atoms with Crippen molar-refractivity contribution in [3.05, 3.63) is 29.8 Å². The Hall–Kier alpha value is -1.57. The maximum Gasteiger partial charge on any atom is 0.137 e. The Balaban J connectivity index is 2.29. The van der Waals surface area contributed by atoms with Crippen LogP contribution in [0.15, 0.2) is 24.3 Å². The van der Waals surface area contributed by atoms with Crippen LogP contribution in [0.5, 0.6) is 5.75 Å². The second kappa shape index (κ2) is 9.35. The number of para-hydroxylation sites is 1. The molecule has 2 unspecified atom stereocenters. The first-order valence-electron chi connectivity index (χ1n) is 7.20. The molecule has 0 saturated heterocycles. The predicted octanol–water partition coefficient (Wildman–Crippen LogP) is 2.47. The van der Waals surface area contributed by atoms with Crippen LogP contribution in [0.4, 0.5) is 0 Å². The monoisotopic (exact) mass is 276 g/mol. The van der Waals surface area contributed by atoms with Crippen LogP contribution in [0.1, 0.15) is 38.7 Å². The van der Waals surface area contributed by atoms with Crippen LogP contribution in [0.2, 0.25) is 0 Å². The molecule has 1 rings (SSSR count). The molecule has 0 heterocycles. The summed E-state index contributed by atoms with van der Waals surface area (Å²) in [5.74, 6) is 0.521. The Morgan fingerprint density at radius 3 is 2.85 bits per heavy atom. The minimum Gasteiger partial charge on any atom is -0.489 e. The summed E-state index contributed by atoms with van der Waals surface area (Å²) in [7, 11) is 0. The SMILES string of the molecule is CCCCC(C)NCC(O)COc1ccccc1C#N. The van der Waals surface area contributed by atoms with Crippen molar-refractivity contribution in [2.75, 3.05) is 13.2 Å². The number of aliphatic hydroxyl groups excluding tert-OH is 1. The number of rotatable bonds is 9. The van der Waals surface area contributed by atoms with Crippen molar-refractivity contribution in [1.29, 1.82) is 5.26 Å². The zero-order valence-electron chi connectivity index (χ0n) is 12.3. The highest BCUT2D eigenvalue weighted by Gasteiger charge is 2.09. The molecule has 0 aromatic heterocycles. The average molecular weight is 276 g/mol. The molecule has 1 aromatic carbocycles. The summed E-state index contributed by atoms with van der Waals surface area (Å²) in [6, 6.07) is 9.51. The van der Waals surface area contributed by atoms with Crippen molar-refractivity contribution in [3.63, 3.8) is 0 Å². The molecular weight excluding hydrogens is 252 g/mol. The molecule has 2 atom stereocenters. The molecule has 4 nitrogen and oxygen atoms in total. The van der Waals surface area contributed by atoms with E-state index < -0.39 is 6.10 Å². The maximum absolute atomic E-state index is 9.88. The number of nitriles is 1. The summed E-state index contributed by atoms with van der Waals surface area (Å²) in [5, 5.41) is 22.1. The molecule has 0 radical (unpaired) electrons. The van der Waals surface area contributed by atoms with Gasteiger partial charge in [-0.15, -0.1) is 0 Å². The van der Waals surface area contributed by atoms with Gasteiger partial charge in [-0.3, -0.25) is 0 Å². The summed E-state index contributed by atoms with van der Waals surface area (Å²) < 4.78 is 5.49. The number of hydrogen-bond donors (Lipinski definition) is 2. The van der Waals surface area contributed by atoms with Crippen LogP contribution >= 0.6 is 0 Å². The van der Waals surface area contributed by atoms with E-state index in [9.17, 15) is 5.11 Å². The molecule has 110 valence electrons. The van der Waals surface area contributed by atoms with E-state index in [0.717, 1.165) is 6.42 Å². The van der Waals surface area contributed by atoms with Gasteiger partial charge in [0.2, 0.25) is 0 Å². The second-order valence-corrected chi connectivity index (χ2v) is 5.02. The van der Waals surface area contributed by atoms with Gasteiger partial charge in [-0.2, -0.15) is 5.26 Å². The van der Waals surface area contributed by atoms with Crippen LogP contribution in [0, 0.1) is 11.3 Å². The van der Waals surface area contributed by atoms with Crippen LogP contribution in [-0.2, 0) is 0 Å². The molecule has 0 aliphatic carbocycles. The number of aliphatic hydroxyl groups is 1. The topological polar surface area (TPSA) is 65.3 Å². The van der Waals surface area contributed by atoms with E-state index in [2.05, 4.69) is 25.2 Å². The van der Waals surface area contributed by atoms with Crippen molar-refractivity contribution < 1.29 is 9.84 Å². The van der Waals surface area contributed by atoms with Gasteiger partial charge in [-0.25, -0.2) is 0 Å². The molecule has 1 aromatic rings. The molecule has 0 aliphatic heterocycles. The molecule has 20 heavy (non-hydrogen) atoms. The van der Waals surface area contributed by atoms with Gasteiger partial charge >= 0.3 is 0 Å². The van der Waals surface area contributed by atoms with E-state index in [1.807, 2.05) is 6.07 Å². The highest BCUT2D eigenvalue weighted by Crippen LogP contribution is 2.16. The zero-order chi connectivity index (χ0) is 14.8. The highest BCUT2D eigenvalue weighted by atomic mass is 16.5. The van der Waals surface area contributed by atoms with Gasteiger partial charge in [0.25, 0.3) is 0 Å². The summed E-state index contributed by atoms with van der Waals surface area (Å²) >= 11 is 0. The lowest BCUT2D eigenvalue weighted by atomic mass is 10.1. The number of unbranched alkanes of at least 4 members (excludes halogenated alkanes) is 1. The normalized spacial score (nSPS) is 13.5. The first-order valence-corrected chi connectivity index (χ1v) is 7.20. The van der Waals surface area contributed by atoms with Gasteiger partial charge in [0.15, 0.2) is 0 Å². The quantitative estimate of drug-likeness (QED) is 0.727. The van der Waals surface area contributed by atoms with E-state index in [4.69, 9.17) is 10.00 Å². The number of nitrogens with zero attached hydrogens (tertiary/aromatic N) is 1. The minimum atomic E-state index is -0.578. The smallest absolute Gasteiger partial charge is 0.137 e. The number of hydrogen-bond acceptors (Lipinski definition) is 4. The van der Waals surface area contributed by atoms with Crippen molar-refractivity contribution in [3.8, 4) is 11.8 Å². The Morgan fingerprint density at radius 1 is 1.40 bits per heavy atom. The van der Waals surface area contributed by atoms with Crippen LogP contribution in [0.25, 0.3) is 0 Å². The minimum absolute atomic E-state index is 0.187. The van der Waals surface area contributed by atoms with Crippen molar-refractivity contribution in [1.82, 2.24) is 5.32 Å². The Kier molecular flexibility index (Phi) is 7.71. The molecule has 4 heteroatoms. The molecule has 0 amide bonds. The Labute approximate surface area is 121 Å². The molecule has 0 fully saturated rings. The van der Waals surface area contributed by atoms with Crippen molar-refractivity contribution in [2.45, 2.75) is 45.3 Å². The number of benzene rings is 1. The van der Waals surface area contributed by atoms with Crippen molar-refractivity contribution in [2.24, 2.45) is 0 Å². The molecule has 0 spiro atoms. The average Bonchev–Trinajstić information content (AvgIpc) is 2.48. The largest absolute Gasteiger partial charge is 0.489 e. The van der Waals surface area contributed by atoms with Gasteiger partial charge in [0.05, 0.1) is 5.56 Å². The lowest BCUT2D eigenvalue weighted by Crippen LogP contribution is -2.36. The lowest BCUT2D eigenvalue weighted by Gasteiger charge is -2.17. The molecule has 0 bridgehead atoms. The fraction of sp³-hybridized carbons (Fsp3) is 0.562. The van der Waals surface area contributed by atoms with Gasteiger partial charge in [0.1, 0.15) is 24.5 Å².